The van der Waals surface area contributed by atoms with Gasteiger partial charge in [0.05, 0.1) is 0 Å². The summed E-state index contributed by atoms with van der Waals surface area (Å²) in [5.74, 6) is 0.787. The lowest BCUT2D eigenvalue weighted by atomic mass is 10.3. The Hall–Kier alpha value is -1.97. The second-order valence-corrected chi connectivity index (χ2v) is 3.26. The van der Waals surface area contributed by atoms with Gasteiger partial charge in [0.15, 0.2) is 5.65 Å². The highest BCUT2D eigenvalue weighted by Crippen LogP contribution is 2.10. The second kappa shape index (κ2) is 4.04. The molecule has 1 atom stereocenters. The molecular weight excluding hydrogens is 188 g/mol. The smallest absolute Gasteiger partial charge is 0.180 e. The van der Waals surface area contributed by atoms with Crippen molar-refractivity contribution in [3.05, 3.63) is 37.2 Å². The summed E-state index contributed by atoms with van der Waals surface area (Å²) in [5.41, 5.74) is 1.45. The Bertz CT molecular complexity index is 481. The Morgan fingerprint density at radius 2 is 2.13 bits per heavy atom. The molecular formula is C11H12N4. The SMILES string of the molecule is C=CC(C)Nc1ccc2nccnc2n1. The number of anilines is 1. The van der Waals surface area contributed by atoms with Gasteiger partial charge in [-0.25, -0.2) is 9.97 Å². The average Bonchev–Trinajstić information content (AvgIpc) is 2.29. The highest BCUT2D eigenvalue weighted by Gasteiger charge is 2.01. The van der Waals surface area contributed by atoms with Gasteiger partial charge < -0.3 is 5.32 Å². The number of rotatable bonds is 3. The highest BCUT2D eigenvalue weighted by molar-refractivity contribution is 5.71. The number of aromatic nitrogens is 3. The zero-order valence-corrected chi connectivity index (χ0v) is 8.51. The number of hydrogen-bond acceptors (Lipinski definition) is 4. The maximum atomic E-state index is 4.33. The fraction of sp³-hybridized carbons (Fsp3) is 0.182. The molecule has 2 rings (SSSR count). The maximum absolute atomic E-state index is 4.33. The van der Waals surface area contributed by atoms with E-state index in [-0.39, 0.29) is 6.04 Å². The zero-order chi connectivity index (χ0) is 10.7. The normalized spacial score (nSPS) is 12.3. The lowest BCUT2D eigenvalue weighted by Crippen LogP contribution is -2.12. The third-order valence-corrected chi connectivity index (χ3v) is 2.06. The predicted octanol–water partition coefficient (Wildman–Crippen LogP) is 2.01. The minimum Gasteiger partial charge on any atom is -0.364 e. The first kappa shape index (κ1) is 9.58. The predicted molar refractivity (Wildman–Crippen MR) is 60.6 cm³/mol. The summed E-state index contributed by atoms with van der Waals surface area (Å²) in [6, 6.07) is 3.97. The fourth-order valence-electron chi connectivity index (χ4n) is 1.23. The van der Waals surface area contributed by atoms with Crippen molar-refractivity contribution in [3.63, 3.8) is 0 Å². The van der Waals surface area contributed by atoms with Crippen molar-refractivity contribution < 1.29 is 0 Å². The molecule has 1 N–H and O–H groups in total. The van der Waals surface area contributed by atoms with Crippen LogP contribution >= 0.6 is 0 Å². The molecule has 2 aromatic rings. The summed E-state index contributed by atoms with van der Waals surface area (Å²) >= 11 is 0. The van der Waals surface area contributed by atoms with Gasteiger partial charge in [-0.05, 0) is 19.1 Å². The van der Waals surface area contributed by atoms with E-state index < -0.39 is 0 Å². The molecule has 0 spiro atoms. The first-order valence-electron chi connectivity index (χ1n) is 4.76. The third-order valence-electron chi connectivity index (χ3n) is 2.06. The van der Waals surface area contributed by atoms with Crippen LogP contribution in [0, 0.1) is 0 Å². The van der Waals surface area contributed by atoms with Gasteiger partial charge in [-0.3, -0.25) is 4.98 Å². The van der Waals surface area contributed by atoms with Crippen molar-refractivity contribution in [1.82, 2.24) is 15.0 Å². The van der Waals surface area contributed by atoms with Crippen LogP contribution in [0.1, 0.15) is 6.92 Å². The highest BCUT2D eigenvalue weighted by atomic mass is 15.0. The van der Waals surface area contributed by atoms with Crippen molar-refractivity contribution in [1.29, 1.82) is 0 Å². The van der Waals surface area contributed by atoms with E-state index in [0.29, 0.717) is 5.65 Å². The third kappa shape index (κ3) is 2.10. The van der Waals surface area contributed by atoms with E-state index in [0.717, 1.165) is 11.3 Å². The summed E-state index contributed by atoms with van der Waals surface area (Å²) in [4.78, 5) is 12.6. The minimum atomic E-state index is 0.187. The molecule has 0 saturated heterocycles. The Morgan fingerprint density at radius 3 is 2.93 bits per heavy atom. The molecule has 4 nitrogen and oxygen atoms in total. The Labute approximate surface area is 88.1 Å². The summed E-state index contributed by atoms with van der Waals surface area (Å²) < 4.78 is 0. The molecule has 2 aromatic heterocycles. The van der Waals surface area contributed by atoms with Crippen LogP contribution in [-0.2, 0) is 0 Å². The molecule has 0 amide bonds. The van der Waals surface area contributed by atoms with Crippen molar-refractivity contribution in [2.75, 3.05) is 5.32 Å². The molecule has 4 heteroatoms. The summed E-state index contributed by atoms with van der Waals surface area (Å²) in [5, 5.41) is 3.19. The van der Waals surface area contributed by atoms with Gasteiger partial charge in [0, 0.05) is 18.4 Å². The average molecular weight is 200 g/mol. The Kier molecular flexibility index (Phi) is 2.58. The summed E-state index contributed by atoms with van der Waals surface area (Å²) in [7, 11) is 0. The quantitative estimate of drug-likeness (QED) is 0.770. The Balaban J connectivity index is 2.34. The first-order valence-corrected chi connectivity index (χ1v) is 4.76. The number of nitrogens with one attached hydrogen (secondary N) is 1. The van der Waals surface area contributed by atoms with Gasteiger partial charge in [-0.2, -0.15) is 0 Å². The molecule has 15 heavy (non-hydrogen) atoms. The second-order valence-electron chi connectivity index (χ2n) is 3.26. The molecule has 0 aromatic carbocycles. The number of fused-ring (bicyclic) bond motifs is 1. The van der Waals surface area contributed by atoms with Crippen molar-refractivity contribution in [2.24, 2.45) is 0 Å². The lowest BCUT2D eigenvalue weighted by Gasteiger charge is -2.09. The van der Waals surface area contributed by atoms with Crippen LogP contribution in [-0.4, -0.2) is 21.0 Å². The van der Waals surface area contributed by atoms with Gasteiger partial charge in [0.2, 0.25) is 0 Å². The van der Waals surface area contributed by atoms with E-state index in [2.05, 4.69) is 26.8 Å². The van der Waals surface area contributed by atoms with E-state index in [9.17, 15) is 0 Å². The van der Waals surface area contributed by atoms with E-state index in [1.807, 2.05) is 25.1 Å². The van der Waals surface area contributed by atoms with Crippen LogP contribution in [0.4, 0.5) is 5.82 Å². The number of pyridine rings is 1. The van der Waals surface area contributed by atoms with E-state index in [4.69, 9.17) is 0 Å². The molecule has 0 radical (unpaired) electrons. The van der Waals surface area contributed by atoms with Crippen LogP contribution in [0.3, 0.4) is 0 Å². The van der Waals surface area contributed by atoms with E-state index in [1.54, 1.807) is 12.4 Å². The van der Waals surface area contributed by atoms with Crippen LogP contribution in [0.25, 0.3) is 11.2 Å². The zero-order valence-electron chi connectivity index (χ0n) is 8.51. The standard InChI is InChI=1S/C11H12N4/c1-3-8(2)14-10-5-4-9-11(15-10)13-7-6-12-9/h3-8H,1H2,2H3,(H,13,14,15). The van der Waals surface area contributed by atoms with Crippen LogP contribution < -0.4 is 5.32 Å². The van der Waals surface area contributed by atoms with Gasteiger partial charge in [0.1, 0.15) is 11.3 Å². The van der Waals surface area contributed by atoms with E-state index in [1.165, 1.54) is 0 Å². The summed E-state index contributed by atoms with van der Waals surface area (Å²) in [6.07, 6.45) is 5.11. The lowest BCUT2D eigenvalue weighted by molar-refractivity contribution is 0.985. The number of nitrogens with zero attached hydrogens (tertiary/aromatic N) is 3. The monoisotopic (exact) mass is 200 g/mol. The topological polar surface area (TPSA) is 50.7 Å². The van der Waals surface area contributed by atoms with Crippen LogP contribution in [0.5, 0.6) is 0 Å². The van der Waals surface area contributed by atoms with Crippen molar-refractivity contribution >= 4 is 17.0 Å². The molecule has 0 aliphatic heterocycles. The molecule has 76 valence electrons. The van der Waals surface area contributed by atoms with E-state index >= 15 is 0 Å². The minimum absolute atomic E-state index is 0.187. The maximum Gasteiger partial charge on any atom is 0.180 e. The van der Waals surface area contributed by atoms with Gasteiger partial charge in [-0.15, -0.1) is 6.58 Å². The molecule has 2 heterocycles. The molecule has 0 saturated carbocycles. The van der Waals surface area contributed by atoms with Crippen LogP contribution in [0.15, 0.2) is 37.2 Å². The Morgan fingerprint density at radius 1 is 1.33 bits per heavy atom. The van der Waals surface area contributed by atoms with Gasteiger partial charge >= 0.3 is 0 Å². The molecule has 1 unspecified atom stereocenters. The summed E-state index contributed by atoms with van der Waals surface area (Å²) in [6.45, 7) is 5.71. The largest absolute Gasteiger partial charge is 0.364 e. The van der Waals surface area contributed by atoms with Crippen molar-refractivity contribution in [3.8, 4) is 0 Å². The van der Waals surface area contributed by atoms with Gasteiger partial charge in [0.25, 0.3) is 0 Å². The number of hydrogen-bond donors (Lipinski definition) is 1. The molecule has 0 aliphatic rings. The van der Waals surface area contributed by atoms with Crippen molar-refractivity contribution in [2.45, 2.75) is 13.0 Å². The first-order chi connectivity index (χ1) is 7.29. The fourth-order valence-corrected chi connectivity index (χ4v) is 1.23. The molecule has 0 fully saturated rings. The van der Waals surface area contributed by atoms with Crippen LogP contribution in [0.2, 0.25) is 0 Å². The van der Waals surface area contributed by atoms with Gasteiger partial charge in [-0.1, -0.05) is 6.08 Å². The molecule has 0 bridgehead atoms. The molecule has 0 aliphatic carbocycles.